The fraction of sp³-hybridized carbons (Fsp3) is 0.765. The lowest BCUT2D eigenvalue weighted by Crippen LogP contribution is -2.42. The fourth-order valence-electron chi connectivity index (χ4n) is 3.52. The van der Waals surface area contributed by atoms with Gasteiger partial charge in [0, 0.05) is 26.1 Å². The minimum Gasteiger partial charge on any atom is -0.352 e. The normalized spacial score (nSPS) is 23.4. The molecule has 1 saturated heterocycles. The molecule has 0 unspecified atom stereocenters. The second kappa shape index (κ2) is 7.77. The van der Waals surface area contributed by atoms with Gasteiger partial charge >= 0.3 is 0 Å². The van der Waals surface area contributed by atoms with E-state index in [1.807, 2.05) is 13.8 Å². The first-order valence-electron chi connectivity index (χ1n) is 8.69. The lowest BCUT2D eigenvalue weighted by Gasteiger charge is -2.20. The lowest BCUT2D eigenvalue weighted by molar-refractivity contribution is -0.141. The SMILES string of the molecule is CC(C)NC(=O)CN(C)C(=O)CCN1C(=O)[C@@H]2CCCC[C@H]2C1=O. The van der Waals surface area contributed by atoms with Crippen molar-refractivity contribution in [3.05, 3.63) is 0 Å². The molecule has 7 nitrogen and oxygen atoms in total. The van der Waals surface area contributed by atoms with E-state index in [-0.39, 0.29) is 61.0 Å². The standard InChI is InChI=1S/C17H27N3O4/c1-11(2)18-14(21)10-19(3)15(22)8-9-20-16(23)12-6-4-5-7-13(12)17(20)24/h11-13H,4-10H2,1-3H3,(H,18,21)/t12-,13-/m1/s1. The Kier molecular flexibility index (Phi) is 5.96. The summed E-state index contributed by atoms with van der Waals surface area (Å²) < 4.78 is 0. The van der Waals surface area contributed by atoms with Crippen LogP contribution in [0.1, 0.15) is 46.0 Å². The van der Waals surface area contributed by atoms with Crippen LogP contribution in [0.4, 0.5) is 0 Å². The van der Waals surface area contributed by atoms with Crippen LogP contribution in [-0.4, -0.2) is 59.6 Å². The maximum absolute atomic E-state index is 12.3. The van der Waals surface area contributed by atoms with Gasteiger partial charge < -0.3 is 10.2 Å². The smallest absolute Gasteiger partial charge is 0.239 e. The third kappa shape index (κ3) is 4.13. The van der Waals surface area contributed by atoms with Crippen LogP contribution < -0.4 is 5.32 Å². The summed E-state index contributed by atoms with van der Waals surface area (Å²) in [5, 5.41) is 2.72. The van der Waals surface area contributed by atoms with Crippen molar-refractivity contribution in [2.45, 2.75) is 52.0 Å². The predicted octanol–water partition coefficient (Wildman–Crippen LogP) is 0.535. The number of carbonyl (C=O) groups excluding carboxylic acids is 4. The van der Waals surface area contributed by atoms with Crippen LogP contribution in [0.3, 0.4) is 0 Å². The molecule has 0 bridgehead atoms. The highest BCUT2D eigenvalue weighted by atomic mass is 16.2. The van der Waals surface area contributed by atoms with Crippen LogP contribution in [0.5, 0.6) is 0 Å². The Morgan fingerprint density at radius 3 is 2.21 bits per heavy atom. The molecule has 1 N–H and O–H groups in total. The van der Waals surface area contributed by atoms with Crippen LogP contribution in [0.25, 0.3) is 0 Å². The van der Waals surface area contributed by atoms with Crippen molar-refractivity contribution >= 4 is 23.6 Å². The van der Waals surface area contributed by atoms with Crippen LogP contribution in [0, 0.1) is 11.8 Å². The number of nitrogens with one attached hydrogen (secondary N) is 1. The Morgan fingerprint density at radius 2 is 1.71 bits per heavy atom. The van der Waals surface area contributed by atoms with Crippen molar-refractivity contribution in [3.63, 3.8) is 0 Å². The Hall–Kier alpha value is -1.92. The van der Waals surface area contributed by atoms with Gasteiger partial charge in [-0.1, -0.05) is 12.8 Å². The summed E-state index contributed by atoms with van der Waals surface area (Å²) in [5.41, 5.74) is 0. The summed E-state index contributed by atoms with van der Waals surface area (Å²) >= 11 is 0. The molecule has 0 aromatic rings. The maximum atomic E-state index is 12.3. The molecule has 1 saturated carbocycles. The molecule has 0 aromatic carbocycles. The number of hydrogen-bond donors (Lipinski definition) is 1. The molecule has 24 heavy (non-hydrogen) atoms. The average molecular weight is 337 g/mol. The number of nitrogens with zero attached hydrogens (tertiary/aromatic N) is 2. The van der Waals surface area contributed by atoms with Gasteiger partial charge in [-0.15, -0.1) is 0 Å². The molecule has 0 aromatic heterocycles. The van der Waals surface area contributed by atoms with Crippen molar-refractivity contribution in [3.8, 4) is 0 Å². The Labute approximate surface area is 142 Å². The van der Waals surface area contributed by atoms with E-state index >= 15 is 0 Å². The third-order valence-corrected chi connectivity index (χ3v) is 4.74. The number of likely N-dealkylation sites (N-methyl/N-ethyl adjacent to an activating group) is 1. The lowest BCUT2D eigenvalue weighted by atomic mass is 9.81. The zero-order chi connectivity index (χ0) is 17.9. The molecule has 2 atom stereocenters. The van der Waals surface area contributed by atoms with E-state index in [0.717, 1.165) is 25.7 Å². The maximum Gasteiger partial charge on any atom is 0.239 e. The highest BCUT2D eigenvalue weighted by molar-refractivity contribution is 6.05. The van der Waals surface area contributed by atoms with Crippen molar-refractivity contribution in [2.24, 2.45) is 11.8 Å². The molecule has 2 rings (SSSR count). The first kappa shape index (κ1) is 18.4. The number of amides is 4. The molecule has 0 radical (unpaired) electrons. The summed E-state index contributed by atoms with van der Waals surface area (Å²) in [6.07, 6.45) is 3.58. The van der Waals surface area contributed by atoms with Crippen LogP contribution >= 0.6 is 0 Å². The number of fused-ring (bicyclic) bond motifs is 1. The molecule has 2 aliphatic rings. The topological polar surface area (TPSA) is 86.8 Å². The van der Waals surface area contributed by atoms with Crippen LogP contribution in [0.15, 0.2) is 0 Å². The Balaban J connectivity index is 1.84. The molecular weight excluding hydrogens is 310 g/mol. The molecule has 0 spiro atoms. The van der Waals surface area contributed by atoms with Gasteiger partial charge in [0.05, 0.1) is 18.4 Å². The number of carbonyl (C=O) groups is 4. The van der Waals surface area contributed by atoms with Gasteiger partial charge in [-0.05, 0) is 26.7 Å². The first-order valence-corrected chi connectivity index (χ1v) is 8.69. The van der Waals surface area contributed by atoms with E-state index in [1.165, 1.54) is 9.80 Å². The van der Waals surface area contributed by atoms with Gasteiger partial charge in [-0.25, -0.2) is 0 Å². The van der Waals surface area contributed by atoms with Crippen molar-refractivity contribution in [2.75, 3.05) is 20.1 Å². The molecule has 4 amide bonds. The number of rotatable bonds is 6. The van der Waals surface area contributed by atoms with Gasteiger partial charge in [-0.3, -0.25) is 24.1 Å². The fourth-order valence-corrected chi connectivity index (χ4v) is 3.52. The van der Waals surface area contributed by atoms with E-state index in [4.69, 9.17) is 0 Å². The van der Waals surface area contributed by atoms with Gasteiger partial charge in [0.25, 0.3) is 0 Å². The summed E-state index contributed by atoms with van der Waals surface area (Å²) in [6, 6.07) is 0.0178. The minimum atomic E-state index is -0.246. The van der Waals surface area contributed by atoms with Crippen molar-refractivity contribution in [1.82, 2.24) is 15.1 Å². The van der Waals surface area contributed by atoms with Crippen molar-refractivity contribution < 1.29 is 19.2 Å². The predicted molar refractivity (Wildman–Crippen MR) is 87.7 cm³/mol. The molecular formula is C17H27N3O4. The molecule has 134 valence electrons. The summed E-state index contributed by atoms with van der Waals surface area (Å²) in [6.45, 7) is 3.79. The Morgan fingerprint density at radius 1 is 1.17 bits per heavy atom. The van der Waals surface area contributed by atoms with Gasteiger partial charge in [0.1, 0.15) is 0 Å². The van der Waals surface area contributed by atoms with E-state index in [0.29, 0.717) is 0 Å². The quantitative estimate of drug-likeness (QED) is 0.717. The van der Waals surface area contributed by atoms with E-state index in [2.05, 4.69) is 5.32 Å². The molecule has 1 aliphatic heterocycles. The number of imide groups is 1. The zero-order valence-electron chi connectivity index (χ0n) is 14.7. The van der Waals surface area contributed by atoms with Crippen molar-refractivity contribution in [1.29, 1.82) is 0 Å². The monoisotopic (exact) mass is 337 g/mol. The number of likely N-dealkylation sites (tertiary alicyclic amines) is 1. The molecule has 2 fully saturated rings. The number of hydrogen-bond acceptors (Lipinski definition) is 4. The van der Waals surface area contributed by atoms with E-state index in [1.54, 1.807) is 7.05 Å². The first-order chi connectivity index (χ1) is 11.3. The van der Waals surface area contributed by atoms with Gasteiger partial charge in [0.2, 0.25) is 23.6 Å². The van der Waals surface area contributed by atoms with Gasteiger partial charge in [0.15, 0.2) is 0 Å². The Bertz CT molecular complexity index is 508. The minimum absolute atomic E-state index is 0.0178. The summed E-state index contributed by atoms with van der Waals surface area (Å²) in [4.78, 5) is 51.1. The van der Waals surface area contributed by atoms with E-state index in [9.17, 15) is 19.2 Å². The summed E-state index contributed by atoms with van der Waals surface area (Å²) in [7, 11) is 1.55. The largest absolute Gasteiger partial charge is 0.352 e. The second-order valence-electron chi connectivity index (χ2n) is 7.05. The molecule has 1 aliphatic carbocycles. The molecule has 1 heterocycles. The average Bonchev–Trinajstić information content (AvgIpc) is 2.76. The summed E-state index contributed by atoms with van der Waals surface area (Å²) in [5.74, 6) is -1.09. The van der Waals surface area contributed by atoms with Crippen LogP contribution in [-0.2, 0) is 19.2 Å². The highest BCUT2D eigenvalue weighted by Crippen LogP contribution is 2.37. The zero-order valence-corrected chi connectivity index (χ0v) is 14.7. The highest BCUT2D eigenvalue weighted by Gasteiger charge is 2.47. The molecule has 7 heteroatoms. The third-order valence-electron chi connectivity index (χ3n) is 4.74. The second-order valence-corrected chi connectivity index (χ2v) is 7.05. The van der Waals surface area contributed by atoms with E-state index < -0.39 is 0 Å². The van der Waals surface area contributed by atoms with Crippen LogP contribution in [0.2, 0.25) is 0 Å². The van der Waals surface area contributed by atoms with Gasteiger partial charge in [-0.2, -0.15) is 0 Å².